The molecular formula is C47H61FN8O7. The summed E-state index contributed by atoms with van der Waals surface area (Å²) < 4.78 is 23.6. The first kappa shape index (κ1) is 44.4. The first-order valence-electron chi connectivity index (χ1n) is 22.4. The summed E-state index contributed by atoms with van der Waals surface area (Å²) in [5.74, 6) is -2.24. The fourth-order valence-corrected chi connectivity index (χ4v) is 9.18. The number of aliphatic carboxylic acids is 1. The van der Waals surface area contributed by atoms with Gasteiger partial charge in [-0.2, -0.15) is 0 Å². The second kappa shape index (κ2) is 17.8. The number of carboxylic acids is 1. The minimum atomic E-state index is -1.24. The summed E-state index contributed by atoms with van der Waals surface area (Å²) in [5, 5.41) is 14.5. The van der Waals surface area contributed by atoms with Gasteiger partial charge >= 0.3 is 12.1 Å². The number of ether oxygens (including phenoxy) is 1. The molecule has 3 aromatic heterocycles. The van der Waals surface area contributed by atoms with Gasteiger partial charge in [0, 0.05) is 85.5 Å². The van der Waals surface area contributed by atoms with Gasteiger partial charge in [-0.3, -0.25) is 29.5 Å². The third-order valence-corrected chi connectivity index (χ3v) is 12.4. The van der Waals surface area contributed by atoms with Crippen molar-refractivity contribution < 1.29 is 38.4 Å². The highest BCUT2D eigenvalue weighted by molar-refractivity contribution is 5.95. The summed E-state index contributed by atoms with van der Waals surface area (Å²) >= 11 is 0. The zero-order chi connectivity index (χ0) is 44.8. The molecule has 1 aromatic carbocycles. The van der Waals surface area contributed by atoms with E-state index in [-0.39, 0.29) is 24.1 Å². The van der Waals surface area contributed by atoms with Crippen LogP contribution < -0.4 is 15.6 Å². The van der Waals surface area contributed by atoms with Crippen molar-refractivity contribution in [3.05, 3.63) is 65.4 Å². The number of pyridine rings is 2. The van der Waals surface area contributed by atoms with E-state index in [0.717, 1.165) is 71.3 Å². The number of hydrogen-bond donors (Lipinski definition) is 3. The van der Waals surface area contributed by atoms with Crippen molar-refractivity contribution in [1.82, 2.24) is 35.2 Å². The number of carbonyl (C=O) groups excluding carboxylic acids is 2. The highest BCUT2D eigenvalue weighted by atomic mass is 19.1. The number of halogens is 1. The lowest BCUT2D eigenvalue weighted by Gasteiger charge is -2.36. The molecule has 0 unspecified atom stereocenters. The van der Waals surface area contributed by atoms with E-state index in [1.54, 1.807) is 20.8 Å². The third-order valence-electron chi connectivity index (χ3n) is 12.4. The van der Waals surface area contributed by atoms with Gasteiger partial charge in [0.05, 0.1) is 35.6 Å². The van der Waals surface area contributed by atoms with Gasteiger partial charge in [0.15, 0.2) is 0 Å². The van der Waals surface area contributed by atoms with Gasteiger partial charge < -0.3 is 24.6 Å². The Balaban J connectivity index is 1.18. The first-order valence-corrected chi connectivity index (χ1v) is 22.4. The van der Waals surface area contributed by atoms with Crippen LogP contribution in [0.1, 0.15) is 97.2 Å². The van der Waals surface area contributed by atoms with Crippen LogP contribution in [0.25, 0.3) is 33.4 Å². The number of hydrazine groups is 1. The number of aryl methyl sites for hydroxylation is 1. The number of benzene rings is 1. The fraction of sp³-hybridized carbons (Fsp3) is 0.553. The molecule has 3 N–H and O–H groups in total. The maximum absolute atomic E-state index is 15.8. The van der Waals surface area contributed by atoms with E-state index in [0.29, 0.717) is 43.7 Å². The van der Waals surface area contributed by atoms with Crippen LogP contribution in [0.2, 0.25) is 0 Å². The smallest absolute Gasteiger partial charge is 0.408 e. The minimum absolute atomic E-state index is 0.182. The van der Waals surface area contributed by atoms with E-state index in [4.69, 9.17) is 24.5 Å². The normalized spacial score (nSPS) is 21.3. The molecule has 0 spiro atoms. The van der Waals surface area contributed by atoms with E-state index in [1.165, 1.54) is 30.0 Å². The Morgan fingerprint density at radius 3 is 2.52 bits per heavy atom. The monoisotopic (exact) mass is 868 g/mol. The van der Waals surface area contributed by atoms with Gasteiger partial charge in [-0.1, -0.05) is 19.9 Å². The molecule has 3 atom stereocenters. The van der Waals surface area contributed by atoms with E-state index in [2.05, 4.69) is 64.1 Å². The van der Waals surface area contributed by atoms with Crippen molar-refractivity contribution in [2.24, 2.45) is 5.41 Å². The summed E-state index contributed by atoms with van der Waals surface area (Å²) in [6.07, 6.45) is 4.52. The molecule has 4 aliphatic rings. The number of carbonyl (C=O) groups is 3. The lowest BCUT2D eigenvalue weighted by atomic mass is 9.84. The third kappa shape index (κ3) is 9.99. The number of amides is 2. The largest absolute Gasteiger partial charge is 0.480 e. The van der Waals surface area contributed by atoms with Crippen LogP contribution in [0.15, 0.2) is 42.6 Å². The second-order valence-electron chi connectivity index (χ2n) is 19.2. The molecule has 8 rings (SSSR count). The standard InChI is InChI=1S/C47H61FN8O7/c1-8-55-40-14-11-29(38-22-30(48)21-31(50-38)23-39(51-45(60)62-46(3,4)5)43(57)56-15-9-10-37(52-56)44(58)59)20-34(40)36-25-47(6,7)27-61-63-28(2)41-35(42(36)55)24-33(26-49-41)54-18-16-53(17-19-54)32-12-13-32/h11,14,20-22,24,26,28,32,37,39,52H,8-10,12-13,15-19,23,25,27H2,1-7H3,(H,51,60)(H,58,59)/t28-,37-,39-/m0/s1. The van der Waals surface area contributed by atoms with Crippen molar-refractivity contribution in [1.29, 1.82) is 0 Å². The lowest BCUT2D eigenvalue weighted by molar-refractivity contribution is -0.336. The Hall–Kier alpha value is -5.16. The summed E-state index contributed by atoms with van der Waals surface area (Å²) in [6, 6.07) is 9.46. The molecule has 0 radical (unpaired) electrons. The maximum atomic E-state index is 15.8. The molecule has 3 aliphatic heterocycles. The molecular weight excluding hydrogens is 808 g/mol. The van der Waals surface area contributed by atoms with Crippen LogP contribution in [0.4, 0.5) is 14.9 Å². The van der Waals surface area contributed by atoms with Gasteiger partial charge in [-0.25, -0.2) is 24.4 Å². The SMILES string of the molecule is CCn1c2c(c3cc(-c4cc(F)cc(C[C@H](NC(=O)OC(C)(C)C)C(=O)N5CCC[C@@H](C(=O)O)N5)n4)ccc31)CC(C)(C)COO[C@@H](C)c1ncc(N3CCN(C4CC4)CC3)cc1-2. The Kier molecular flexibility index (Phi) is 12.5. The van der Waals surface area contributed by atoms with Crippen molar-refractivity contribution in [2.75, 3.05) is 44.2 Å². The van der Waals surface area contributed by atoms with Crippen molar-refractivity contribution in [2.45, 2.75) is 123 Å². The molecule has 4 aromatic rings. The number of carboxylic acid groups (broad SMARTS) is 1. The van der Waals surface area contributed by atoms with Gasteiger partial charge in [0.25, 0.3) is 5.91 Å². The van der Waals surface area contributed by atoms with Gasteiger partial charge in [0.1, 0.15) is 29.6 Å². The molecule has 1 aliphatic carbocycles. The zero-order valence-corrected chi connectivity index (χ0v) is 37.5. The van der Waals surface area contributed by atoms with Crippen molar-refractivity contribution in [3.8, 4) is 22.5 Å². The predicted octanol–water partition coefficient (Wildman–Crippen LogP) is 6.82. The number of nitrogens with one attached hydrogen (secondary N) is 2. The van der Waals surface area contributed by atoms with Crippen LogP contribution in [-0.2, 0) is 43.5 Å². The Labute approximate surface area is 368 Å². The number of anilines is 1. The molecule has 63 heavy (non-hydrogen) atoms. The molecule has 2 saturated heterocycles. The highest BCUT2D eigenvalue weighted by Crippen LogP contribution is 2.44. The first-order chi connectivity index (χ1) is 30.0. The molecule has 6 heterocycles. The average molecular weight is 869 g/mol. The minimum Gasteiger partial charge on any atom is -0.480 e. The number of piperazine rings is 1. The van der Waals surface area contributed by atoms with Gasteiger partial charge in [0.2, 0.25) is 0 Å². The number of rotatable bonds is 9. The highest BCUT2D eigenvalue weighted by Gasteiger charge is 2.36. The molecule has 0 bridgehead atoms. The summed E-state index contributed by atoms with van der Waals surface area (Å²) in [5.41, 5.74) is 8.87. The van der Waals surface area contributed by atoms with Crippen molar-refractivity contribution in [3.63, 3.8) is 0 Å². The van der Waals surface area contributed by atoms with E-state index >= 15 is 4.39 Å². The van der Waals surface area contributed by atoms with Crippen LogP contribution in [0.3, 0.4) is 0 Å². The van der Waals surface area contributed by atoms with Crippen LogP contribution >= 0.6 is 0 Å². The summed E-state index contributed by atoms with van der Waals surface area (Å²) in [4.78, 5) is 65.7. The molecule has 15 nitrogen and oxygen atoms in total. The number of hydrogen-bond acceptors (Lipinski definition) is 11. The fourth-order valence-electron chi connectivity index (χ4n) is 9.18. The summed E-state index contributed by atoms with van der Waals surface area (Å²) in [6.45, 7) is 18.7. The second-order valence-corrected chi connectivity index (χ2v) is 19.2. The average Bonchev–Trinajstić information content (AvgIpc) is 4.05. The van der Waals surface area contributed by atoms with Crippen LogP contribution in [-0.4, -0.2) is 111 Å². The lowest BCUT2D eigenvalue weighted by Crippen LogP contribution is -2.60. The Morgan fingerprint density at radius 1 is 1.06 bits per heavy atom. The number of nitrogens with zero attached hydrogens (tertiary/aromatic N) is 6. The quantitative estimate of drug-likeness (QED) is 0.151. The Morgan fingerprint density at radius 2 is 1.83 bits per heavy atom. The molecule has 2 amide bonds. The Bertz CT molecular complexity index is 2370. The van der Waals surface area contributed by atoms with Crippen LogP contribution in [0.5, 0.6) is 0 Å². The number of alkyl carbamates (subject to hydrolysis) is 1. The maximum Gasteiger partial charge on any atom is 0.408 e. The number of aromatic nitrogens is 3. The van der Waals surface area contributed by atoms with Gasteiger partial charge in [-0.15, -0.1) is 0 Å². The van der Waals surface area contributed by atoms with E-state index in [1.807, 2.05) is 19.2 Å². The number of fused-ring (bicyclic) bond motifs is 5. The zero-order valence-electron chi connectivity index (χ0n) is 37.5. The van der Waals surface area contributed by atoms with Crippen molar-refractivity contribution >= 4 is 34.6 Å². The van der Waals surface area contributed by atoms with E-state index < -0.39 is 47.6 Å². The molecule has 338 valence electrons. The molecule has 1 saturated carbocycles. The molecule has 3 fully saturated rings. The van der Waals surface area contributed by atoms with Gasteiger partial charge in [-0.05, 0) is 102 Å². The van der Waals surface area contributed by atoms with Crippen LogP contribution in [0, 0.1) is 11.2 Å². The topological polar surface area (TPSA) is 164 Å². The van der Waals surface area contributed by atoms with E-state index in [9.17, 15) is 19.5 Å². The summed E-state index contributed by atoms with van der Waals surface area (Å²) in [7, 11) is 0. The predicted molar refractivity (Wildman–Crippen MR) is 236 cm³/mol. The molecule has 16 heteroatoms.